The number of hydrogen-bond donors (Lipinski definition) is 2. The number of carbonyl (C=O) groups is 1. The molecule has 176 valence electrons. The number of benzene rings is 1. The number of amides is 2. The summed E-state index contributed by atoms with van der Waals surface area (Å²) in [6.07, 6.45) is 16.2. The second kappa shape index (κ2) is 7.97. The van der Waals surface area contributed by atoms with Gasteiger partial charge in [-0.05, 0) is 92.4 Å². The van der Waals surface area contributed by atoms with E-state index in [4.69, 9.17) is 0 Å². The molecule has 1 heterocycles. The Morgan fingerprint density at radius 2 is 1.82 bits per heavy atom. The Hall–Kier alpha value is -2.14. The number of allylic oxidation sites excluding steroid dienone is 1. The van der Waals surface area contributed by atoms with Crippen LogP contribution in [0.2, 0.25) is 0 Å². The number of fused-ring (bicyclic) bond motifs is 3. The summed E-state index contributed by atoms with van der Waals surface area (Å²) in [5.41, 5.74) is 3.37. The highest BCUT2D eigenvalue weighted by Crippen LogP contribution is 2.51. The minimum Gasteiger partial charge on any atom is -0.390 e. The molecule has 7 rings (SSSR count). The van der Waals surface area contributed by atoms with E-state index in [0.29, 0.717) is 24.3 Å². The highest BCUT2D eigenvalue weighted by atomic mass is 19.1. The first-order chi connectivity index (χ1) is 15.9. The third kappa shape index (κ3) is 3.82. The van der Waals surface area contributed by atoms with E-state index in [1.807, 2.05) is 17.0 Å². The predicted molar refractivity (Wildman–Crippen MR) is 126 cm³/mol. The first-order valence-electron chi connectivity index (χ1n) is 12.9. The molecule has 1 aromatic carbocycles. The quantitative estimate of drug-likeness (QED) is 0.599. The van der Waals surface area contributed by atoms with Gasteiger partial charge < -0.3 is 15.3 Å². The van der Waals surface area contributed by atoms with E-state index < -0.39 is 5.60 Å². The van der Waals surface area contributed by atoms with Crippen LogP contribution in [0.5, 0.6) is 0 Å². The number of nitrogens with one attached hydrogen (secondary N) is 1. The van der Waals surface area contributed by atoms with Crippen molar-refractivity contribution in [1.29, 1.82) is 0 Å². The molecule has 0 saturated heterocycles. The number of urea groups is 1. The molecule has 2 amide bonds. The van der Waals surface area contributed by atoms with Crippen molar-refractivity contribution < 1.29 is 14.3 Å². The van der Waals surface area contributed by atoms with Gasteiger partial charge in [-0.15, -0.1) is 0 Å². The molecule has 5 heteroatoms. The monoisotopic (exact) mass is 450 g/mol. The molecule has 0 radical (unpaired) electrons. The maximum absolute atomic E-state index is 13.7. The topological polar surface area (TPSA) is 52.6 Å². The smallest absolute Gasteiger partial charge is 0.318 e. The summed E-state index contributed by atoms with van der Waals surface area (Å²) in [5.74, 6) is 0.207. The van der Waals surface area contributed by atoms with Crippen LogP contribution in [0.1, 0.15) is 82.2 Å². The number of carbonyl (C=O) groups excluding carboxylic acids is 1. The van der Waals surface area contributed by atoms with Crippen LogP contribution >= 0.6 is 0 Å². The van der Waals surface area contributed by atoms with Gasteiger partial charge in [0.2, 0.25) is 0 Å². The molecule has 0 unspecified atom stereocenters. The van der Waals surface area contributed by atoms with Crippen molar-refractivity contribution in [3.8, 4) is 0 Å². The molecule has 2 N–H and O–H groups in total. The highest BCUT2D eigenvalue weighted by molar-refractivity contribution is 5.76. The zero-order chi connectivity index (χ0) is 22.6. The molecule has 4 nitrogen and oxygen atoms in total. The Morgan fingerprint density at radius 1 is 1.09 bits per heavy atom. The van der Waals surface area contributed by atoms with Gasteiger partial charge in [0.05, 0.1) is 11.6 Å². The Balaban J connectivity index is 1.29. The fourth-order valence-electron chi connectivity index (χ4n) is 7.46. The average molecular weight is 451 g/mol. The fourth-order valence-corrected chi connectivity index (χ4v) is 7.46. The van der Waals surface area contributed by atoms with Gasteiger partial charge in [0.25, 0.3) is 0 Å². The Bertz CT molecular complexity index is 984. The zero-order valence-electron chi connectivity index (χ0n) is 19.4. The number of aliphatic hydroxyl groups is 1. The van der Waals surface area contributed by atoms with Crippen molar-refractivity contribution in [2.45, 2.75) is 88.3 Å². The predicted octanol–water partition coefficient (Wildman–Crippen LogP) is 5.79. The molecule has 1 spiro atoms. The molecule has 4 saturated carbocycles. The first-order valence-corrected chi connectivity index (χ1v) is 12.9. The second-order valence-corrected chi connectivity index (χ2v) is 11.4. The van der Waals surface area contributed by atoms with Crippen molar-refractivity contribution in [2.24, 2.45) is 11.3 Å². The number of hydrogen-bond acceptors (Lipinski definition) is 2. The van der Waals surface area contributed by atoms with Crippen LogP contribution in [-0.2, 0) is 0 Å². The summed E-state index contributed by atoms with van der Waals surface area (Å²) >= 11 is 0. The molecule has 6 aliphatic rings. The van der Waals surface area contributed by atoms with Gasteiger partial charge in [0, 0.05) is 12.6 Å². The van der Waals surface area contributed by atoms with E-state index in [1.54, 1.807) is 0 Å². The number of rotatable bonds is 2. The maximum Gasteiger partial charge on any atom is 0.318 e. The van der Waals surface area contributed by atoms with Crippen molar-refractivity contribution >= 4 is 6.03 Å². The lowest BCUT2D eigenvalue weighted by Gasteiger charge is -2.49. The van der Waals surface area contributed by atoms with Crippen LogP contribution in [0.4, 0.5) is 9.18 Å². The Labute approximate surface area is 195 Å². The van der Waals surface area contributed by atoms with Gasteiger partial charge in [0.15, 0.2) is 0 Å². The third-order valence-electron chi connectivity index (χ3n) is 9.34. The van der Waals surface area contributed by atoms with Crippen LogP contribution in [0.25, 0.3) is 0 Å². The molecule has 33 heavy (non-hydrogen) atoms. The van der Waals surface area contributed by atoms with E-state index in [1.165, 1.54) is 49.0 Å². The van der Waals surface area contributed by atoms with E-state index >= 15 is 0 Å². The van der Waals surface area contributed by atoms with Crippen LogP contribution in [0.3, 0.4) is 0 Å². The van der Waals surface area contributed by atoms with Crippen LogP contribution < -0.4 is 5.32 Å². The van der Waals surface area contributed by atoms with Crippen molar-refractivity contribution in [2.75, 3.05) is 6.54 Å². The van der Waals surface area contributed by atoms with Gasteiger partial charge in [-0.1, -0.05) is 42.7 Å². The van der Waals surface area contributed by atoms with Crippen LogP contribution in [0.15, 0.2) is 47.6 Å². The molecular weight excluding hydrogens is 415 g/mol. The van der Waals surface area contributed by atoms with E-state index in [2.05, 4.69) is 17.5 Å². The largest absolute Gasteiger partial charge is 0.390 e. The molecule has 4 fully saturated rings. The lowest BCUT2D eigenvalue weighted by Crippen LogP contribution is -2.57. The van der Waals surface area contributed by atoms with E-state index in [9.17, 15) is 14.3 Å². The normalized spacial score (nSPS) is 34.6. The minimum atomic E-state index is -0.609. The molecule has 1 aromatic rings. The van der Waals surface area contributed by atoms with Gasteiger partial charge in [0.1, 0.15) is 5.82 Å². The highest BCUT2D eigenvalue weighted by Gasteiger charge is 2.46. The summed E-state index contributed by atoms with van der Waals surface area (Å²) in [5, 5.41) is 14.1. The molecule has 5 aliphatic carbocycles. The molecule has 2 atom stereocenters. The summed E-state index contributed by atoms with van der Waals surface area (Å²) in [6.45, 7) is 0.679. The first kappa shape index (κ1) is 21.4. The average Bonchev–Trinajstić information content (AvgIpc) is 3.26. The summed E-state index contributed by atoms with van der Waals surface area (Å²) < 4.78 is 13.7. The van der Waals surface area contributed by atoms with Crippen molar-refractivity contribution in [3.63, 3.8) is 0 Å². The molecule has 0 aromatic heterocycles. The Morgan fingerprint density at radius 3 is 2.52 bits per heavy atom. The van der Waals surface area contributed by atoms with Crippen molar-refractivity contribution in [3.05, 3.63) is 58.9 Å². The standard InChI is InChI=1S/C28H35FN2O2/c29-22-5-3-20(4-6-22)25-23-9-13-27(11-1-2-12-27)17-21(23)10-16-31(25)26(32)30-24-18-28(33)14-7-19(24)8-15-28/h3-6,9,13,19,24-25,33H,1-2,7-8,10-12,14-18H2,(H,30,32)/t19?,24-,25+,28?/m1/s1. The number of nitrogens with zero attached hydrogens (tertiary/aromatic N) is 1. The maximum atomic E-state index is 13.7. The number of halogens is 1. The summed E-state index contributed by atoms with van der Waals surface area (Å²) in [4.78, 5) is 15.6. The lowest BCUT2D eigenvalue weighted by atomic mass is 9.65. The molecular formula is C28H35FN2O2. The minimum absolute atomic E-state index is 0.0397. The van der Waals surface area contributed by atoms with E-state index in [-0.39, 0.29) is 23.9 Å². The van der Waals surface area contributed by atoms with E-state index in [0.717, 1.165) is 44.1 Å². The molecule has 1 aliphatic heterocycles. The summed E-state index contributed by atoms with van der Waals surface area (Å²) in [7, 11) is 0. The van der Waals surface area contributed by atoms with Crippen molar-refractivity contribution in [1.82, 2.24) is 10.2 Å². The van der Waals surface area contributed by atoms with Gasteiger partial charge in [-0.3, -0.25) is 0 Å². The van der Waals surface area contributed by atoms with Gasteiger partial charge in [-0.2, -0.15) is 0 Å². The van der Waals surface area contributed by atoms with Crippen LogP contribution in [0, 0.1) is 17.2 Å². The third-order valence-corrected chi connectivity index (χ3v) is 9.34. The Kier molecular flexibility index (Phi) is 5.17. The SMILES string of the molecule is O=C(N[C@@H]1CC2(O)CCC1CC2)N1CCC2=C(C=CC3(CCCC3)C2)[C@@H]1c1ccc(F)cc1. The lowest BCUT2D eigenvalue weighted by molar-refractivity contribution is -0.0686. The second-order valence-electron chi connectivity index (χ2n) is 11.4. The molecule has 2 bridgehead atoms. The zero-order valence-corrected chi connectivity index (χ0v) is 19.4. The van der Waals surface area contributed by atoms with Gasteiger partial charge >= 0.3 is 6.03 Å². The summed E-state index contributed by atoms with van der Waals surface area (Å²) in [6, 6.07) is 6.46. The van der Waals surface area contributed by atoms with Crippen LogP contribution in [-0.4, -0.2) is 34.2 Å². The fraction of sp³-hybridized carbons (Fsp3) is 0.607. The van der Waals surface area contributed by atoms with Gasteiger partial charge in [-0.25, -0.2) is 9.18 Å².